The third kappa shape index (κ3) is 9.00. The Bertz CT molecular complexity index is 2120. The summed E-state index contributed by atoms with van der Waals surface area (Å²) in [4.78, 5) is 25.5. The number of phenols is 1. The Hall–Kier alpha value is -6.22. The van der Waals surface area contributed by atoms with Crippen LogP contribution >= 0.6 is 0 Å². The van der Waals surface area contributed by atoms with Gasteiger partial charge in [0.2, 0.25) is 0 Å². The second kappa shape index (κ2) is 16.7. The van der Waals surface area contributed by atoms with E-state index in [2.05, 4.69) is 0 Å². The standard InChI is InChI=1S/C24H26O4.C23H24O5/c1-15-13-23(27-6)17(14-22(15)26-5)7-9-20(25)18-8-10-21-19(16(18)2)11-12-24(3,4)28-21;1-14-12-21(27-5)15(13-20(14)26-4)6-8-18(24)16-7-9-19-17(22(16)25)10-11-23(2,3)28-19/h7-14H,1-6H3;6-13,25H,1-5H3/b9-7+;8-6+. The van der Waals surface area contributed by atoms with E-state index >= 15 is 0 Å². The number of ether oxygens (including phenoxy) is 6. The average Bonchev–Trinajstić information content (AvgIpc) is 3.15. The number of fused-ring (bicyclic) bond motifs is 2. The SMILES string of the molecule is COc1cc(/C=C/C(=O)c2ccc3c(c2C)C=CC(C)(C)O3)c(OC)cc1C.COc1cc(/C=C/C(=O)c2ccc3c(c2O)C=CC(C)(C)O3)c(OC)cc1C. The molecule has 0 saturated heterocycles. The lowest BCUT2D eigenvalue weighted by Gasteiger charge is -2.29. The molecule has 0 atom stereocenters. The van der Waals surface area contributed by atoms with Crippen molar-refractivity contribution in [3.63, 3.8) is 0 Å². The molecule has 0 unspecified atom stereocenters. The molecule has 9 heteroatoms. The van der Waals surface area contributed by atoms with E-state index in [9.17, 15) is 14.7 Å². The summed E-state index contributed by atoms with van der Waals surface area (Å²) in [7, 11) is 6.40. The maximum Gasteiger partial charge on any atom is 0.189 e. The van der Waals surface area contributed by atoms with Crippen LogP contribution in [0.5, 0.6) is 40.2 Å². The van der Waals surface area contributed by atoms with E-state index in [1.165, 1.54) is 6.08 Å². The lowest BCUT2D eigenvalue weighted by molar-refractivity contribution is 0.103. The van der Waals surface area contributed by atoms with Gasteiger partial charge in [0.1, 0.15) is 51.4 Å². The Labute approximate surface area is 329 Å². The summed E-state index contributed by atoms with van der Waals surface area (Å²) in [6, 6.07) is 14.4. The van der Waals surface area contributed by atoms with Crippen molar-refractivity contribution in [1.82, 2.24) is 0 Å². The van der Waals surface area contributed by atoms with Crippen LogP contribution in [0.1, 0.15) is 87.4 Å². The Morgan fingerprint density at radius 3 is 1.46 bits per heavy atom. The molecule has 1 N–H and O–H groups in total. The van der Waals surface area contributed by atoms with Gasteiger partial charge < -0.3 is 33.5 Å². The van der Waals surface area contributed by atoms with E-state index in [4.69, 9.17) is 28.4 Å². The van der Waals surface area contributed by atoms with Crippen LogP contribution in [-0.2, 0) is 0 Å². The Morgan fingerprint density at radius 2 is 1.00 bits per heavy atom. The Balaban J connectivity index is 0.000000214. The van der Waals surface area contributed by atoms with Crippen molar-refractivity contribution in [3.05, 3.63) is 123 Å². The topological polar surface area (TPSA) is 110 Å². The highest BCUT2D eigenvalue weighted by Gasteiger charge is 2.26. The highest BCUT2D eigenvalue weighted by Crippen LogP contribution is 2.39. The molecule has 2 heterocycles. The van der Waals surface area contributed by atoms with Gasteiger partial charge in [-0.1, -0.05) is 6.08 Å². The molecule has 4 aromatic rings. The molecule has 0 aliphatic carbocycles. The molecule has 2 aliphatic heterocycles. The van der Waals surface area contributed by atoms with Gasteiger partial charge in [-0.15, -0.1) is 0 Å². The predicted molar refractivity (Wildman–Crippen MR) is 222 cm³/mol. The van der Waals surface area contributed by atoms with Gasteiger partial charge in [-0.05, 0) is 156 Å². The van der Waals surface area contributed by atoms with Gasteiger partial charge in [-0.3, -0.25) is 9.59 Å². The number of allylic oxidation sites excluding steroid dienone is 2. The molecule has 0 bridgehead atoms. The van der Waals surface area contributed by atoms with Crippen molar-refractivity contribution in [2.24, 2.45) is 0 Å². The van der Waals surface area contributed by atoms with Crippen molar-refractivity contribution in [1.29, 1.82) is 0 Å². The summed E-state index contributed by atoms with van der Waals surface area (Å²) in [5.41, 5.74) is 5.85. The van der Waals surface area contributed by atoms with Gasteiger partial charge in [0, 0.05) is 22.3 Å². The zero-order valence-electron chi connectivity index (χ0n) is 34.0. The first kappa shape index (κ1) is 41.0. The minimum atomic E-state index is -0.452. The van der Waals surface area contributed by atoms with Gasteiger partial charge in [0.25, 0.3) is 0 Å². The van der Waals surface area contributed by atoms with Crippen molar-refractivity contribution in [3.8, 4) is 40.2 Å². The van der Waals surface area contributed by atoms with E-state index in [1.807, 2.05) is 103 Å². The van der Waals surface area contributed by atoms with Gasteiger partial charge in [0.05, 0.1) is 39.6 Å². The molecule has 292 valence electrons. The number of benzene rings is 4. The zero-order chi connectivity index (χ0) is 40.9. The molecule has 0 amide bonds. The molecule has 56 heavy (non-hydrogen) atoms. The smallest absolute Gasteiger partial charge is 0.189 e. The summed E-state index contributed by atoms with van der Waals surface area (Å²) in [5.74, 6) is 3.66. The molecule has 9 nitrogen and oxygen atoms in total. The fourth-order valence-corrected chi connectivity index (χ4v) is 6.43. The largest absolute Gasteiger partial charge is 0.506 e. The summed E-state index contributed by atoms with van der Waals surface area (Å²) >= 11 is 0. The molecule has 0 aromatic heterocycles. The van der Waals surface area contributed by atoms with Crippen molar-refractivity contribution in [2.75, 3.05) is 28.4 Å². The number of phenolic OH excluding ortho intramolecular Hbond substituents is 1. The number of hydrogen-bond acceptors (Lipinski definition) is 9. The molecular weight excluding hydrogens is 709 g/mol. The van der Waals surface area contributed by atoms with Crippen molar-refractivity contribution >= 4 is 35.9 Å². The molecule has 4 aromatic carbocycles. The number of carbonyl (C=O) groups is 2. The van der Waals surface area contributed by atoms with Crippen LogP contribution in [0, 0.1) is 20.8 Å². The normalized spacial score (nSPS) is 14.5. The van der Waals surface area contributed by atoms with Crippen LogP contribution in [0.3, 0.4) is 0 Å². The van der Waals surface area contributed by atoms with Gasteiger partial charge in [-0.25, -0.2) is 0 Å². The Morgan fingerprint density at radius 1 is 0.589 bits per heavy atom. The number of aryl methyl sites for hydroxylation is 2. The highest BCUT2D eigenvalue weighted by atomic mass is 16.5. The minimum absolute atomic E-state index is 0.0693. The van der Waals surface area contributed by atoms with Crippen LogP contribution in [0.2, 0.25) is 0 Å². The molecule has 0 fully saturated rings. The molecular formula is C47H50O9. The highest BCUT2D eigenvalue weighted by molar-refractivity contribution is 6.10. The van der Waals surface area contributed by atoms with Gasteiger partial charge >= 0.3 is 0 Å². The number of ketones is 2. The number of methoxy groups -OCH3 is 4. The van der Waals surface area contributed by atoms with E-state index in [-0.39, 0.29) is 28.5 Å². The first-order chi connectivity index (χ1) is 26.5. The average molecular weight is 759 g/mol. The quantitative estimate of drug-likeness (QED) is 0.125. The number of carbonyl (C=O) groups excluding carboxylic acids is 2. The summed E-state index contributed by atoms with van der Waals surface area (Å²) < 4.78 is 33.4. The maximum atomic E-state index is 12.8. The second-order valence-corrected chi connectivity index (χ2v) is 14.6. The first-order valence-electron chi connectivity index (χ1n) is 18.2. The monoisotopic (exact) mass is 758 g/mol. The number of rotatable bonds is 10. The molecule has 6 rings (SSSR count). The van der Waals surface area contributed by atoms with Crippen LogP contribution in [0.25, 0.3) is 24.3 Å². The fourth-order valence-electron chi connectivity index (χ4n) is 6.43. The van der Waals surface area contributed by atoms with E-state index in [0.717, 1.165) is 39.3 Å². The molecule has 0 saturated carbocycles. The van der Waals surface area contributed by atoms with E-state index in [1.54, 1.807) is 64.9 Å². The number of hydrogen-bond donors (Lipinski definition) is 1. The molecule has 0 spiro atoms. The lowest BCUT2D eigenvalue weighted by atomic mass is 9.94. The molecule has 0 radical (unpaired) electrons. The third-order valence-corrected chi connectivity index (χ3v) is 9.55. The molecule has 2 aliphatic rings. The van der Waals surface area contributed by atoms with Crippen LogP contribution in [-0.4, -0.2) is 56.3 Å². The van der Waals surface area contributed by atoms with Gasteiger partial charge in [-0.2, -0.15) is 0 Å². The van der Waals surface area contributed by atoms with Gasteiger partial charge in [0.15, 0.2) is 11.6 Å². The first-order valence-corrected chi connectivity index (χ1v) is 18.2. The summed E-state index contributed by atoms with van der Waals surface area (Å²) in [6.45, 7) is 13.7. The fraction of sp³-hybridized carbons (Fsp3) is 0.277. The van der Waals surface area contributed by atoms with Crippen LogP contribution < -0.4 is 28.4 Å². The zero-order valence-corrected chi connectivity index (χ0v) is 34.0. The maximum absolute atomic E-state index is 12.8. The lowest BCUT2D eigenvalue weighted by Crippen LogP contribution is -2.27. The second-order valence-electron chi connectivity index (χ2n) is 14.6. The minimum Gasteiger partial charge on any atom is -0.506 e. The van der Waals surface area contributed by atoms with Crippen LogP contribution in [0.4, 0.5) is 0 Å². The van der Waals surface area contributed by atoms with E-state index in [0.29, 0.717) is 39.7 Å². The summed E-state index contributed by atoms with van der Waals surface area (Å²) in [5, 5.41) is 10.6. The van der Waals surface area contributed by atoms with E-state index < -0.39 is 5.60 Å². The van der Waals surface area contributed by atoms with Crippen molar-refractivity contribution < 1.29 is 43.1 Å². The predicted octanol–water partition coefficient (Wildman–Crippen LogP) is 10.2. The van der Waals surface area contributed by atoms with Crippen molar-refractivity contribution in [2.45, 2.75) is 59.7 Å². The van der Waals surface area contributed by atoms with Crippen LogP contribution in [0.15, 0.2) is 72.8 Å². The summed E-state index contributed by atoms with van der Waals surface area (Å²) in [6.07, 6.45) is 14.1. The Kier molecular flexibility index (Phi) is 12.2. The number of aromatic hydroxyl groups is 1. The third-order valence-electron chi connectivity index (χ3n) is 9.55.